The Hall–Kier alpha value is -1.84. The summed E-state index contributed by atoms with van der Waals surface area (Å²) in [4.78, 5) is 23.8. The first kappa shape index (κ1) is 24.8. The van der Waals surface area contributed by atoms with Crippen LogP contribution in [0.5, 0.6) is 0 Å². The highest BCUT2D eigenvalue weighted by molar-refractivity contribution is 7.99. The third kappa shape index (κ3) is 6.14. The summed E-state index contributed by atoms with van der Waals surface area (Å²) < 4.78 is 23.8. The van der Waals surface area contributed by atoms with Gasteiger partial charge in [0.25, 0.3) is 0 Å². The van der Waals surface area contributed by atoms with Gasteiger partial charge in [0, 0.05) is 23.2 Å². The van der Waals surface area contributed by atoms with Crippen molar-refractivity contribution in [2.24, 2.45) is 5.92 Å². The minimum Gasteiger partial charge on any atom is -0.383 e. The second-order valence-electron chi connectivity index (χ2n) is 8.36. The molecule has 0 radical (unpaired) electrons. The maximum Gasteiger partial charge on any atom is 0.233 e. The predicted octanol–water partition coefficient (Wildman–Crippen LogP) is 3.71. The Morgan fingerprint density at radius 1 is 1.28 bits per heavy atom. The van der Waals surface area contributed by atoms with Crippen LogP contribution in [-0.4, -0.2) is 59.0 Å². The number of nitrogen functional groups attached to an aromatic ring is 1. The van der Waals surface area contributed by atoms with E-state index in [1.807, 2.05) is 32.9 Å². The van der Waals surface area contributed by atoms with Gasteiger partial charge in [-0.3, -0.25) is 4.79 Å². The third-order valence-corrected chi connectivity index (χ3v) is 8.15. The van der Waals surface area contributed by atoms with Gasteiger partial charge in [-0.15, -0.1) is 0 Å². The molecular formula is C22H29ClN4O3S2. The van der Waals surface area contributed by atoms with Crippen molar-refractivity contribution >= 4 is 44.9 Å². The molecule has 7 nitrogen and oxygen atoms in total. The molecule has 0 spiro atoms. The number of rotatable bonds is 8. The molecule has 1 saturated heterocycles. The Morgan fingerprint density at radius 2 is 1.97 bits per heavy atom. The topological polar surface area (TPSA) is 106 Å². The van der Waals surface area contributed by atoms with Gasteiger partial charge in [0.2, 0.25) is 5.91 Å². The van der Waals surface area contributed by atoms with Crippen molar-refractivity contribution in [3.8, 4) is 11.1 Å². The highest BCUT2D eigenvalue weighted by atomic mass is 35.5. The lowest BCUT2D eigenvalue weighted by atomic mass is 10.0. The number of benzene rings is 1. The second-order valence-corrected chi connectivity index (χ2v) is 12.0. The minimum atomic E-state index is -3.08. The Labute approximate surface area is 199 Å². The molecule has 3 rings (SSSR count). The van der Waals surface area contributed by atoms with Crippen molar-refractivity contribution in [2.75, 3.05) is 29.5 Å². The number of aromatic nitrogens is 2. The van der Waals surface area contributed by atoms with E-state index in [1.165, 1.54) is 11.8 Å². The predicted molar refractivity (Wildman–Crippen MR) is 131 cm³/mol. The zero-order chi connectivity index (χ0) is 23.5. The van der Waals surface area contributed by atoms with Gasteiger partial charge in [0.15, 0.2) is 15.0 Å². The van der Waals surface area contributed by atoms with E-state index in [2.05, 4.69) is 9.97 Å². The quantitative estimate of drug-likeness (QED) is 0.438. The average Bonchev–Trinajstić information content (AvgIpc) is 3.10. The smallest absolute Gasteiger partial charge is 0.233 e. The first-order valence-electron chi connectivity index (χ1n) is 10.6. The van der Waals surface area contributed by atoms with Crippen molar-refractivity contribution in [1.29, 1.82) is 0 Å². The fraction of sp³-hybridized carbons (Fsp3) is 0.500. The fourth-order valence-corrected chi connectivity index (χ4v) is 6.45. The Balaban J connectivity index is 1.77. The zero-order valence-electron chi connectivity index (χ0n) is 18.5. The number of anilines is 1. The van der Waals surface area contributed by atoms with E-state index in [9.17, 15) is 13.2 Å². The second kappa shape index (κ2) is 10.4. The molecule has 0 bridgehead atoms. The lowest BCUT2D eigenvalue weighted by molar-refractivity contribution is -0.130. The van der Waals surface area contributed by atoms with E-state index >= 15 is 0 Å². The van der Waals surface area contributed by atoms with E-state index in [1.54, 1.807) is 17.0 Å². The summed E-state index contributed by atoms with van der Waals surface area (Å²) in [6.45, 7) is 6.55. The van der Waals surface area contributed by atoms with Crippen LogP contribution in [0.15, 0.2) is 29.4 Å². The molecule has 2 aromatic rings. The van der Waals surface area contributed by atoms with Crippen molar-refractivity contribution < 1.29 is 13.2 Å². The molecule has 1 amide bonds. The molecule has 32 heavy (non-hydrogen) atoms. The maximum atomic E-state index is 13.0. The van der Waals surface area contributed by atoms with E-state index in [4.69, 9.17) is 17.3 Å². The number of carbonyl (C=O) groups excluding carboxylic acids is 1. The molecule has 1 aliphatic rings. The van der Waals surface area contributed by atoms with Gasteiger partial charge >= 0.3 is 0 Å². The van der Waals surface area contributed by atoms with Crippen LogP contribution in [0, 0.1) is 5.92 Å². The molecule has 1 fully saturated rings. The number of nitrogens with two attached hydrogens (primary N) is 1. The molecule has 2 N–H and O–H groups in total. The zero-order valence-corrected chi connectivity index (χ0v) is 20.9. The van der Waals surface area contributed by atoms with Crippen LogP contribution in [0.1, 0.15) is 32.9 Å². The normalized spacial score (nSPS) is 17.6. The molecular weight excluding hydrogens is 468 g/mol. The van der Waals surface area contributed by atoms with Gasteiger partial charge in [0.05, 0.1) is 23.0 Å². The number of nitrogens with zero attached hydrogens (tertiary/aromatic N) is 3. The largest absolute Gasteiger partial charge is 0.383 e. The van der Waals surface area contributed by atoms with Gasteiger partial charge in [-0.2, -0.15) is 0 Å². The number of halogens is 1. The molecule has 1 unspecified atom stereocenters. The van der Waals surface area contributed by atoms with Crippen LogP contribution >= 0.6 is 23.4 Å². The molecule has 1 aromatic heterocycles. The van der Waals surface area contributed by atoms with Gasteiger partial charge in [-0.25, -0.2) is 18.4 Å². The van der Waals surface area contributed by atoms with Gasteiger partial charge in [-0.1, -0.05) is 56.3 Å². The Kier molecular flexibility index (Phi) is 8.06. The average molecular weight is 497 g/mol. The highest BCUT2D eigenvalue weighted by Gasteiger charge is 2.34. The number of hydrogen-bond acceptors (Lipinski definition) is 7. The van der Waals surface area contributed by atoms with Crippen molar-refractivity contribution in [2.45, 2.75) is 44.8 Å². The van der Waals surface area contributed by atoms with Crippen LogP contribution in [0.2, 0.25) is 5.02 Å². The summed E-state index contributed by atoms with van der Waals surface area (Å²) in [7, 11) is -3.08. The summed E-state index contributed by atoms with van der Waals surface area (Å²) in [5, 5.41) is 1.08. The van der Waals surface area contributed by atoms with Crippen molar-refractivity contribution in [3.63, 3.8) is 0 Å². The number of aryl methyl sites for hydroxylation is 1. The molecule has 174 valence electrons. The van der Waals surface area contributed by atoms with E-state index in [-0.39, 0.29) is 35.1 Å². The first-order valence-corrected chi connectivity index (χ1v) is 13.8. The number of thioether (sulfide) groups is 1. The SMILES string of the molecule is CCc1nc(SCC(=O)N(CC(C)C)C2CCS(=O)(=O)C2)nc(N)c1-c1ccc(Cl)cc1. The Bertz CT molecular complexity index is 1080. The highest BCUT2D eigenvalue weighted by Crippen LogP contribution is 2.31. The molecule has 0 saturated carbocycles. The Morgan fingerprint density at radius 3 is 2.53 bits per heavy atom. The summed E-state index contributed by atoms with van der Waals surface area (Å²) in [5.41, 5.74) is 8.74. The van der Waals surface area contributed by atoms with Crippen molar-refractivity contribution in [1.82, 2.24) is 14.9 Å². The molecule has 10 heteroatoms. The molecule has 1 aromatic carbocycles. The fourth-order valence-electron chi connectivity index (χ4n) is 3.83. The van der Waals surface area contributed by atoms with Crippen LogP contribution in [0.4, 0.5) is 5.82 Å². The van der Waals surface area contributed by atoms with E-state index < -0.39 is 9.84 Å². The lowest BCUT2D eigenvalue weighted by Crippen LogP contribution is -2.44. The van der Waals surface area contributed by atoms with Crippen LogP contribution in [0.3, 0.4) is 0 Å². The maximum absolute atomic E-state index is 13.0. The summed E-state index contributed by atoms with van der Waals surface area (Å²) in [6, 6.07) is 7.09. The monoisotopic (exact) mass is 496 g/mol. The molecule has 2 heterocycles. The molecule has 1 atom stereocenters. The lowest BCUT2D eigenvalue weighted by Gasteiger charge is -2.29. The van der Waals surface area contributed by atoms with E-state index in [0.29, 0.717) is 35.4 Å². The van der Waals surface area contributed by atoms with Crippen LogP contribution in [-0.2, 0) is 21.1 Å². The first-order chi connectivity index (χ1) is 15.1. The number of amides is 1. The van der Waals surface area contributed by atoms with Crippen LogP contribution in [0.25, 0.3) is 11.1 Å². The van der Waals surface area contributed by atoms with E-state index in [0.717, 1.165) is 16.8 Å². The molecule has 0 aliphatic carbocycles. The molecule has 1 aliphatic heterocycles. The van der Waals surface area contributed by atoms with Gasteiger partial charge < -0.3 is 10.6 Å². The summed E-state index contributed by atoms with van der Waals surface area (Å²) in [5.74, 6) is 0.798. The summed E-state index contributed by atoms with van der Waals surface area (Å²) in [6.07, 6.45) is 1.15. The van der Waals surface area contributed by atoms with Gasteiger partial charge in [0.1, 0.15) is 5.82 Å². The number of carbonyl (C=O) groups is 1. The summed E-state index contributed by atoms with van der Waals surface area (Å²) >= 11 is 7.22. The van der Waals surface area contributed by atoms with Gasteiger partial charge in [-0.05, 0) is 36.5 Å². The minimum absolute atomic E-state index is 0.0371. The van der Waals surface area contributed by atoms with Crippen molar-refractivity contribution in [3.05, 3.63) is 35.0 Å². The third-order valence-electron chi connectivity index (χ3n) is 5.32. The number of sulfone groups is 1. The van der Waals surface area contributed by atoms with Crippen LogP contribution < -0.4 is 5.73 Å². The number of hydrogen-bond donors (Lipinski definition) is 1. The standard InChI is InChI=1S/C22H29ClN4O3S2/c1-4-18-20(15-5-7-16(23)8-6-15)21(24)26-22(25-18)31-12-19(28)27(11-14(2)3)17-9-10-32(29,30)13-17/h5-8,14,17H,4,9-13H2,1-3H3,(H2,24,25,26).